The minimum Gasteiger partial charge on any atom is -0.343 e. The largest absolute Gasteiger partial charge is 0.343 e. The lowest BCUT2D eigenvalue weighted by molar-refractivity contribution is -0.129. The molecule has 1 N–H and O–H groups in total. The first-order chi connectivity index (χ1) is 11.5. The summed E-state index contributed by atoms with van der Waals surface area (Å²) in [5.41, 5.74) is 2.76. The third-order valence-corrected chi connectivity index (χ3v) is 4.00. The average Bonchev–Trinajstić information content (AvgIpc) is 2.60. The number of halogens is 1. The monoisotopic (exact) mass is 344 g/mol. The summed E-state index contributed by atoms with van der Waals surface area (Å²) in [5, 5.41) is 3.11. The molecule has 0 radical (unpaired) electrons. The van der Waals surface area contributed by atoms with E-state index in [-0.39, 0.29) is 18.4 Å². The van der Waals surface area contributed by atoms with Crippen molar-refractivity contribution in [2.45, 2.75) is 19.9 Å². The van der Waals surface area contributed by atoms with Gasteiger partial charge in [-0.05, 0) is 35.7 Å². The van der Waals surface area contributed by atoms with Gasteiger partial charge < -0.3 is 10.2 Å². The van der Waals surface area contributed by atoms with Crippen molar-refractivity contribution in [1.29, 1.82) is 0 Å². The number of rotatable bonds is 6. The fraction of sp³-hybridized carbons (Fsp3) is 0.263. The summed E-state index contributed by atoms with van der Waals surface area (Å²) in [6, 6.07) is 14.8. The molecule has 0 aliphatic rings. The molecule has 2 aromatic carbocycles. The Balaban J connectivity index is 1.85. The number of benzene rings is 2. The van der Waals surface area contributed by atoms with Crippen LogP contribution in [0, 0.1) is 0 Å². The lowest BCUT2D eigenvalue weighted by atomic mass is 10.1. The van der Waals surface area contributed by atoms with Gasteiger partial charge in [-0.2, -0.15) is 0 Å². The van der Waals surface area contributed by atoms with E-state index in [9.17, 15) is 9.59 Å². The third-order valence-electron chi connectivity index (χ3n) is 3.76. The van der Waals surface area contributed by atoms with Crippen LogP contribution < -0.4 is 5.32 Å². The molecule has 0 saturated heterocycles. The number of aryl methyl sites for hydroxylation is 1. The first-order valence-electron chi connectivity index (χ1n) is 7.85. The van der Waals surface area contributed by atoms with Crippen LogP contribution in [0.1, 0.15) is 28.4 Å². The predicted octanol–water partition coefficient (Wildman–Crippen LogP) is 3.29. The maximum atomic E-state index is 12.2. The van der Waals surface area contributed by atoms with Gasteiger partial charge in [0.25, 0.3) is 5.91 Å². The minimum absolute atomic E-state index is 0.0467. The molecule has 0 aliphatic carbocycles. The van der Waals surface area contributed by atoms with E-state index in [4.69, 9.17) is 11.6 Å². The molecule has 4 nitrogen and oxygen atoms in total. The van der Waals surface area contributed by atoms with Crippen molar-refractivity contribution in [2.75, 3.05) is 13.6 Å². The second kappa shape index (κ2) is 8.50. The molecule has 0 aliphatic heterocycles. The maximum Gasteiger partial charge on any atom is 0.251 e. The molecule has 0 aromatic heterocycles. The Labute approximate surface area is 147 Å². The summed E-state index contributed by atoms with van der Waals surface area (Å²) in [4.78, 5) is 25.8. The van der Waals surface area contributed by atoms with Gasteiger partial charge in [-0.1, -0.05) is 48.9 Å². The maximum absolute atomic E-state index is 12.2. The highest BCUT2D eigenvalue weighted by molar-refractivity contribution is 6.30. The van der Waals surface area contributed by atoms with E-state index in [0.717, 1.165) is 12.0 Å². The standard InChI is InChI=1S/C19H21ClN2O2/c1-3-14-7-9-15(10-8-14)13-22(2)18(23)12-21-19(24)16-5-4-6-17(20)11-16/h4-11H,3,12-13H2,1-2H3,(H,21,24). The molecule has 2 aromatic rings. The molecular formula is C19H21ClN2O2. The summed E-state index contributed by atoms with van der Waals surface area (Å²) in [6.07, 6.45) is 0.991. The van der Waals surface area contributed by atoms with E-state index in [1.54, 1.807) is 36.2 Å². The van der Waals surface area contributed by atoms with Gasteiger partial charge in [0.1, 0.15) is 0 Å². The highest BCUT2D eigenvalue weighted by Gasteiger charge is 2.12. The molecule has 24 heavy (non-hydrogen) atoms. The quantitative estimate of drug-likeness (QED) is 0.874. The second-order valence-corrected chi connectivity index (χ2v) is 6.05. The van der Waals surface area contributed by atoms with Gasteiger partial charge in [-0.15, -0.1) is 0 Å². The van der Waals surface area contributed by atoms with Crippen molar-refractivity contribution in [2.24, 2.45) is 0 Å². The molecule has 5 heteroatoms. The highest BCUT2D eigenvalue weighted by Crippen LogP contribution is 2.10. The summed E-state index contributed by atoms with van der Waals surface area (Å²) < 4.78 is 0. The lowest BCUT2D eigenvalue weighted by Crippen LogP contribution is -2.37. The molecule has 0 bridgehead atoms. The van der Waals surface area contributed by atoms with E-state index in [2.05, 4.69) is 24.4 Å². The minimum atomic E-state index is -0.313. The van der Waals surface area contributed by atoms with Gasteiger partial charge in [0, 0.05) is 24.2 Å². The number of nitrogens with one attached hydrogen (secondary N) is 1. The predicted molar refractivity (Wildman–Crippen MR) is 96.1 cm³/mol. The first-order valence-corrected chi connectivity index (χ1v) is 8.23. The summed E-state index contributed by atoms with van der Waals surface area (Å²) >= 11 is 5.86. The molecule has 0 spiro atoms. The zero-order valence-corrected chi connectivity index (χ0v) is 14.6. The van der Waals surface area contributed by atoms with Crippen LogP contribution in [0.4, 0.5) is 0 Å². The van der Waals surface area contributed by atoms with E-state index in [0.29, 0.717) is 17.1 Å². The fourth-order valence-corrected chi connectivity index (χ4v) is 2.46. The molecule has 2 amide bonds. The Morgan fingerprint density at radius 2 is 1.75 bits per heavy atom. The molecule has 0 heterocycles. The second-order valence-electron chi connectivity index (χ2n) is 5.61. The van der Waals surface area contributed by atoms with Crippen LogP contribution in [-0.2, 0) is 17.8 Å². The van der Waals surface area contributed by atoms with Crippen molar-refractivity contribution in [3.63, 3.8) is 0 Å². The van der Waals surface area contributed by atoms with E-state index in [1.165, 1.54) is 5.56 Å². The van der Waals surface area contributed by atoms with E-state index < -0.39 is 0 Å². The van der Waals surface area contributed by atoms with Crippen molar-refractivity contribution in [3.05, 3.63) is 70.2 Å². The van der Waals surface area contributed by atoms with E-state index >= 15 is 0 Å². The number of carbonyl (C=O) groups excluding carboxylic acids is 2. The zero-order chi connectivity index (χ0) is 17.5. The zero-order valence-electron chi connectivity index (χ0n) is 13.9. The van der Waals surface area contributed by atoms with Crippen LogP contribution >= 0.6 is 11.6 Å². The third kappa shape index (κ3) is 5.10. The van der Waals surface area contributed by atoms with Crippen molar-refractivity contribution < 1.29 is 9.59 Å². The van der Waals surface area contributed by atoms with Gasteiger partial charge in [0.2, 0.25) is 5.91 Å². The van der Waals surface area contributed by atoms with Crippen LogP contribution in [0.5, 0.6) is 0 Å². The molecule has 126 valence electrons. The van der Waals surface area contributed by atoms with Crippen molar-refractivity contribution >= 4 is 23.4 Å². The number of likely N-dealkylation sites (N-methyl/N-ethyl adjacent to an activating group) is 1. The number of amides is 2. The van der Waals surface area contributed by atoms with Crippen LogP contribution in [0.2, 0.25) is 5.02 Å². The van der Waals surface area contributed by atoms with Crippen LogP contribution in [0.25, 0.3) is 0 Å². The van der Waals surface area contributed by atoms with Gasteiger partial charge in [-0.25, -0.2) is 0 Å². The topological polar surface area (TPSA) is 49.4 Å². The SMILES string of the molecule is CCc1ccc(CN(C)C(=O)CNC(=O)c2cccc(Cl)c2)cc1. The molecule has 0 saturated carbocycles. The lowest BCUT2D eigenvalue weighted by Gasteiger charge is -2.18. The summed E-state index contributed by atoms with van der Waals surface area (Å²) in [7, 11) is 1.72. The summed E-state index contributed by atoms with van der Waals surface area (Å²) in [6.45, 7) is 2.57. The van der Waals surface area contributed by atoms with Crippen LogP contribution in [0.15, 0.2) is 48.5 Å². The number of nitrogens with zero attached hydrogens (tertiary/aromatic N) is 1. The smallest absolute Gasteiger partial charge is 0.251 e. The number of carbonyl (C=O) groups is 2. The van der Waals surface area contributed by atoms with Gasteiger partial charge in [-0.3, -0.25) is 9.59 Å². The number of hydrogen-bond acceptors (Lipinski definition) is 2. The van der Waals surface area contributed by atoms with E-state index in [1.807, 2.05) is 12.1 Å². The molecule has 0 atom stereocenters. The van der Waals surface area contributed by atoms with Crippen molar-refractivity contribution in [1.82, 2.24) is 10.2 Å². The Bertz CT molecular complexity index is 714. The van der Waals surface area contributed by atoms with Gasteiger partial charge in [0.15, 0.2) is 0 Å². The fourth-order valence-electron chi connectivity index (χ4n) is 2.27. The van der Waals surface area contributed by atoms with Gasteiger partial charge >= 0.3 is 0 Å². The summed E-state index contributed by atoms with van der Waals surface area (Å²) in [5.74, 6) is -0.462. The van der Waals surface area contributed by atoms with Gasteiger partial charge in [0.05, 0.1) is 6.54 Å². The molecular weight excluding hydrogens is 324 g/mol. The Hall–Kier alpha value is -2.33. The average molecular weight is 345 g/mol. The Morgan fingerprint density at radius 3 is 2.38 bits per heavy atom. The Morgan fingerprint density at radius 1 is 1.08 bits per heavy atom. The van der Waals surface area contributed by atoms with Crippen molar-refractivity contribution in [3.8, 4) is 0 Å². The normalized spacial score (nSPS) is 10.3. The number of hydrogen-bond donors (Lipinski definition) is 1. The molecule has 0 unspecified atom stereocenters. The van der Waals surface area contributed by atoms with Crippen LogP contribution in [-0.4, -0.2) is 30.3 Å². The van der Waals surface area contributed by atoms with Crippen LogP contribution in [0.3, 0.4) is 0 Å². The Kier molecular flexibility index (Phi) is 6.38. The molecule has 2 rings (SSSR count). The molecule has 0 fully saturated rings. The highest BCUT2D eigenvalue weighted by atomic mass is 35.5. The first kappa shape index (κ1) is 18.0.